The Hall–Kier alpha value is -3.08. The van der Waals surface area contributed by atoms with Crippen LogP contribution in [0, 0.1) is 0 Å². The van der Waals surface area contributed by atoms with Gasteiger partial charge in [0.15, 0.2) is 6.10 Å². The summed E-state index contributed by atoms with van der Waals surface area (Å²) in [6, 6.07) is -1.53. The molecule has 0 bridgehead atoms. The summed E-state index contributed by atoms with van der Waals surface area (Å²) in [5.74, 6) is -2.51. The molecule has 0 saturated carbocycles. The van der Waals surface area contributed by atoms with Crippen LogP contribution in [0.15, 0.2) is 72.9 Å². The molecule has 0 rings (SSSR count). The molecule has 0 radical (unpaired) electrons. The number of carbonyl (C=O) groups excluding carboxylic acids is 2. The number of carboxylic acids is 1. The maximum absolute atomic E-state index is 12.4. The molecular weight excluding hydrogens is 661 g/mol. The van der Waals surface area contributed by atoms with Gasteiger partial charge in [0.1, 0.15) is 12.6 Å². The maximum atomic E-state index is 12.4. The van der Waals surface area contributed by atoms with Gasteiger partial charge in [-0.1, -0.05) is 125 Å². The summed E-state index contributed by atoms with van der Waals surface area (Å²) < 4.78 is 32.3. The number of phosphoric acid groups is 1. The number of esters is 2. The van der Waals surface area contributed by atoms with Gasteiger partial charge in [0.25, 0.3) is 0 Å². The van der Waals surface area contributed by atoms with Crippen molar-refractivity contribution in [3.63, 3.8) is 0 Å². The Morgan fingerprint density at radius 1 is 0.640 bits per heavy atom. The Balaban J connectivity index is 4.51. The molecule has 0 aromatic rings. The van der Waals surface area contributed by atoms with Crippen LogP contribution in [-0.2, 0) is 37.5 Å². The highest BCUT2D eigenvalue weighted by molar-refractivity contribution is 7.47. The van der Waals surface area contributed by atoms with Crippen molar-refractivity contribution in [1.82, 2.24) is 0 Å². The fraction of sp³-hybridized carbons (Fsp3) is 0.605. The minimum atomic E-state index is -4.72. The minimum Gasteiger partial charge on any atom is -0.480 e. The highest BCUT2D eigenvalue weighted by atomic mass is 31.2. The summed E-state index contributed by atoms with van der Waals surface area (Å²) >= 11 is 0. The van der Waals surface area contributed by atoms with E-state index < -0.39 is 51.1 Å². The number of rotatable bonds is 32. The van der Waals surface area contributed by atoms with E-state index in [4.69, 9.17) is 24.8 Å². The van der Waals surface area contributed by atoms with Crippen molar-refractivity contribution in [2.75, 3.05) is 19.8 Å². The van der Waals surface area contributed by atoms with Gasteiger partial charge in [0, 0.05) is 12.8 Å². The third-order valence-corrected chi connectivity index (χ3v) is 7.93. The molecule has 0 fully saturated rings. The normalized spacial score (nSPS) is 14.8. The van der Waals surface area contributed by atoms with Gasteiger partial charge >= 0.3 is 25.7 Å². The Morgan fingerprint density at radius 2 is 1.12 bits per heavy atom. The Kier molecular flexibility index (Phi) is 31.0. The van der Waals surface area contributed by atoms with Crippen molar-refractivity contribution < 1.29 is 47.5 Å². The zero-order chi connectivity index (χ0) is 37.1. The lowest BCUT2D eigenvalue weighted by Crippen LogP contribution is -2.34. The fourth-order valence-corrected chi connectivity index (χ4v) is 4.92. The van der Waals surface area contributed by atoms with Crippen molar-refractivity contribution >= 4 is 25.7 Å². The number of unbranched alkanes of at least 4 members (excludes halogenated alkanes) is 6. The predicted octanol–water partition coefficient (Wildman–Crippen LogP) is 8.61. The lowest BCUT2D eigenvalue weighted by molar-refractivity contribution is -0.161. The highest BCUT2D eigenvalue weighted by Gasteiger charge is 2.28. The first kappa shape index (κ1) is 46.9. The Labute approximate surface area is 300 Å². The molecule has 11 nitrogen and oxygen atoms in total. The first-order chi connectivity index (χ1) is 24.1. The highest BCUT2D eigenvalue weighted by Crippen LogP contribution is 2.43. The van der Waals surface area contributed by atoms with Gasteiger partial charge < -0.3 is 25.2 Å². The third-order valence-electron chi connectivity index (χ3n) is 6.98. The summed E-state index contributed by atoms with van der Waals surface area (Å²) in [5, 5.41) is 8.83. The molecule has 12 heteroatoms. The van der Waals surface area contributed by atoms with Gasteiger partial charge in [0.05, 0.1) is 13.2 Å². The Bertz CT molecular complexity index is 1130. The molecule has 0 aliphatic rings. The van der Waals surface area contributed by atoms with Crippen LogP contribution in [0.2, 0.25) is 0 Å². The van der Waals surface area contributed by atoms with E-state index in [1.165, 1.54) is 6.42 Å². The molecule has 0 saturated heterocycles. The molecule has 0 aromatic carbocycles. The second kappa shape index (κ2) is 33.1. The first-order valence-corrected chi connectivity index (χ1v) is 19.5. The number of hydrogen-bond donors (Lipinski definition) is 3. The van der Waals surface area contributed by atoms with Gasteiger partial charge in [-0.15, -0.1) is 0 Å². The number of ether oxygens (including phenoxy) is 2. The summed E-state index contributed by atoms with van der Waals surface area (Å²) in [6.45, 7) is 2.51. The average Bonchev–Trinajstić information content (AvgIpc) is 3.09. The minimum absolute atomic E-state index is 0.0937. The number of nitrogens with two attached hydrogens (primary N) is 1. The molecular formula is C38H62NO10P. The third kappa shape index (κ3) is 32.1. The van der Waals surface area contributed by atoms with Crippen LogP contribution < -0.4 is 5.73 Å². The number of carboxylic acid groups (broad SMARTS) is 1. The van der Waals surface area contributed by atoms with E-state index in [9.17, 15) is 23.8 Å². The van der Waals surface area contributed by atoms with E-state index in [-0.39, 0.29) is 19.4 Å². The van der Waals surface area contributed by atoms with E-state index in [2.05, 4.69) is 79.1 Å². The summed E-state index contributed by atoms with van der Waals surface area (Å²) in [6.07, 6.45) is 37.4. The van der Waals surface area contributed by atoms with E-state index in [0.29, 0.717) is 12.8 Å². The first-order valence-electron chi connectivity index (χ1n) is 18.0. The molecule has 0 spiro atoms. The lowest BCUT2D eigenvalue weighted by Gasteiger charge is -2.20. The van der Waals surface area contributed by atoms with E-state index in [1.807, 2.05) is 12.2 Å². The largest absolute Gasteiger partial charge is 0.480 e. The van der Waals surface area contributed by atoms with E-state index in [1.54, 1.807) is 0 Å². The number of allylic oxidation sites excluding steroid dienone is 12. The van der Waals surface area contributed by atoms with Crippen LogP contribution >= 0.6 is 7.82 Å². The molecule has 1 unspecified atom stereocenters. The molecule has 0 heterocycles. The molecule has 4 N–H and O–H groups in total. The Morgan fingerprint density at radius 3 is 1.64 bits per heavy atom. The van der Waals surface area contributed by atoms with Crippen LogP contribution in [0.1, 0.15) is 117 Å². The number of aliphatic carboxylic acids is 1. The van der Waals surface area contributed by atoms with Crippen molar-refractivity contribution in [3.8, 4) is 0 Å². The lowest BCUT2D eigenvalue weighted by atomic mass is 10.1. The second-order valence-electron chi connectivity index (χ2n) is 11.6. The second-order valence-corrected chi connectivity index (χ2v) is 13.1. The predicted molar refractivity (Wildman–Crippen MR) is 198 cm³/mol. The van der Waals surface area contributed by atoms with Crippen LogP contribution in [0.5, 0.6) is 0 Å². The quantitative estimate of drug-likeness (QED) is 0.0263. The maximum Gasteiger partial charge on any atom is 0.472 e. The summed E-state index contributed by atoms with van der Waals surface area (Å²) in [5.41, 5.74) is 5.29. The van der Waals surface area contributed by atoms with E-state index >= 15 is 0 Å². The zero-order valence-corrected chi connectivity index (χ0v) is 31.1. The molecule has 0 aliphatic carbocycles. The summed E-state index contributed by atoms with van der Waals surface area (Å²) in [7, 11) is -4.72. The van der Waals surface area contributed by atoms with Crippen molar-refractivity contribution in [1.29, 1.82) is 0 Å². The van der Waals surface area contributed by atoms with Crippen molar-refractivity contribution in [2.45, 2.75) is 129 Å². The van der Waals surface area contributed by atoms with Crippen LogP contribution in [0.25, 0.3) is 0 Å². The van der Waals surface area contributed by atoms with Crippen LogP contribution in [0.3, 0.4) is 0 Å². The van der Waals surface area contributed by atoms with E-state index in [0.717, 1.165) is 70.6 Å². The SMILES string of the molecule is CC/C=C/C/C=C/C/C=C/C/C=C/C/C=C/C/C=C/CCC(=O)OC[C@@H](COP(=O)(O)OC[C@@H](N)C(=O)O)OC(=O)CCCCCCCCC. The zero-order valence-electron chi connectivity index (χ0n) is 30.2. The molecule has 0 aromatic heterocycles. The smallest absolute Gasteiger partial charge is 0.472 e. The summed E-state index contributed by atoms with van der Waals surface area (Å²) in [4.78, 5) is 45.5. The number of carbonyl (C=O) groups is 3. The van der Waals surface area contributed by atoms with Crippen molar-refractivity contribution in [3.05, 3.63) is 72.9 Å². The van der Waals surface area contributed by atoms with Gasteiger partial charge in [-0.05, 0) is 51.4 Å². The fourth-order valence-electron chi connectivity index (χ4n) is 4.15. The van der Waals surface area contributed by atoms with Crippen LogP contribution in [-0.4, -0.2) is 59.9 Å². The van der Waals surface area contributed by atoms with Crippen LogP contribution in [0.4, 0.5) is 0 Å². The van der Waals surface area contributed by atoms with Gasteiger partial charge in [-0.25, -0.2) is 4.57 Å². The van der Waals surface area contributed by atoms with Crippen molar-refractivity contribution in [2.24, 2.45) is 5.73 Å². The molecule has 50 heavy (non-hydrogen) atoms. The molecule has 3 atom stereocenters. The van der Waals surface area contributed by atoms with Gasteiger partial charge in [-0.2, -0.15) is 0 Å². The van der Waals surface area contributed by atoms with Gasteiger partial charge in [0.2, 0.25) is 0 Å². The molecule has 0 aliphatic heterocycles. The monoisotopic (exact) mass is 723 g/mol. The number of phosphoric ester groups is 1. The topological polar surface area (TPSA) is 172 Å². The molecule has 0 amide bonds. The van der Waals surface area contributed by atoms with Gasteiger partial charge in [-0.3, -0.25) is 23.4 Å². The average molecular weight is 724 g/mol. The number of hydrogen-bond acceptors (Lipinski definition) is 9. The molecule has 284 valence electrons. The standard InChI is InChI=1S/C38H62NO10P/c1-3-5-7-9-11-12-13-14-15-16-17-18-19-20-21-22-24-25-27-29-36(40)46-31-34(32-47-50(44,45)48-33-35(39)38(42)43)49-37(41)30-28-26-23-10-8-6-4-2/h5,7,11-12,14-15,17-18,20-21,24-25,34-35H,3-4,6,8-10,13,16,19,22-23,26-33,39H2,1-2H3,(H,42,43)(H,44,45)/b7-5+,12-11+,15-14+,18-17+,21-20+,25-24+/t34-,35+/m0/s1.